The van der Waals surface area contributed by atoms with Crippen molar-refractivity contribution in [2.75, 3.05) is 13.1 Å². The highest BCUT2D eigenvalue weighted by Crippen LogP contribution is 2.52. The van der Waals surface area contributed by atoms with Gasteiger partial charge in [-0.25, -0.2) is 0 Å². The topological polar surface area (TPSA) is 91.4 Å². The van der Waals surface area contributed by atoms with E-state index in [1.54, 1.807) is 0 Å². The van der Waals surface area contributed by atoms with Gasteiger partial charge in [0, 0.05) is 6.04 Å². The number of fused-ring (bicyclic) bond motifs is 1. The summed E-state index contributed by atoms with van der Waals surface area (Å²) in [5.41, 5.74) is -0.448. The number of esters is 3. The van der Waals surface area contributed by atoms with Crippen molar-refractivity contribution < 1.29 is 33.3 Å². The van der Waals surface area contributed by atoms with Crippen LogP contribution in [0, 0.1) is 17.8 Å². The molecule has 0 radical (unpaired) electrons. The van der Waals surface area contributed by atoms with Gasteiger partial charge in [-0.05, 0) is 70.9 Å². The molecule has 4 saturated heterocycles. The SMILES string of the molecule is CCC1(OC(=O)C2C3OC4C(OC(=O)C42)C3OC(=O)C2CCCCC2N2CCCCC2)CCCC1. The normalized spacial score (nSPS) is 42.1. The minimum atomic E-state index is -0.766. The highest BCUT2D eigenvalue weighted by Gasteiger charge is 2.72. The smallest absolute Gasteiger partial charge is 0.313 e. The van der Waals surface area contributed by atoms with Crippen LogP contribution < -0.4 is 0 Å². The van der Waals surface area contributed by atoms with Crippen molar-refractivity contribution in [3.8, 4) is 0 Å². The van der Waals surface area contributed by atoms with Gasteiger partial charge in [0.2, 0.25) is 0 Å². The third-order valence-electron chi connectivity index (χ3n) is 9.80. The maximum atomic E-state index is 13.5. The molecule has 35 heavy (non-hydrogen) atoms. The second kappa shape index (κ2) is 9.33. The molecule has 8 unspecified atom stereocenters. The highest BCUT2D eigenvalue weighted by molar-refractivity contribution is 5.87. The van der Waals surface area contributed by atoms with Gasteiger partial charge in [0.1, 0.15) is 29.6 Å². The first-order chi connectivity index (χ1) is 17.0. The summed E-state index contributed by atoms with van der Waals surface area (Å²) in [6.07, 6.45) is 9.60. The molecule has 8 heteroatoms. The summed E-state index contributed by atoms with van der Waals surface area (Å²) in [7, 11) is 0. The fourth-order valence-electron chi connectivity index (χ4n) is 7.86. The monoisotopic (exact) mass is 489 g/mol. The lowest BCUT2D eigenvalue weighted by Gasteiger charge is -2.41. The Morgan fingerprint density at radius 3 is 2.43 bits per heavy atom. The van der Waals surface area contributed by atoms with E-state index in [2.05, 4.69) is 4.90 Å². The molecule has 4 heterocycles. The van der Waals surface area contributed by atoms with E-state index >= 15 is 0 Å². The number of ether oxygens (including phenoxy) is 4. The Bertz CT molecular complexity index is 848. The molecule has 194 valence electrons. The summed E-state index contributed by atoms with van der Waals surface area (Å²) in [6.45, 7) is 4.13. The maximum Gasteiger partial charge on any atom is 0.313 e. The van der Waals surface area contributed by atoms with Gasteiger partial charge in [0.05, 0.1) is 5.92 Å². The van der Waals surface area contributed by atoms with Crippen molar-refractivity contribution in [2.24, 2.45) is 17.8 Å². The quantitative estimate of drug-likeness (QED) is 0.415. The fourth-order valence-corrected chi connectivity index (χ4v) is 7.86. The van der Waals surface area contributed by atoms with Crippen molar-refractivity contribution >= 4 is 17.9 Å². The van der Waals surface area contributed by atoms with E-state index in [4.69, 9.17) is 18.9 Å². The van der Waals surface area contributed by atoms with Gasteiger partial charge >= 0.3 is 17.9 Å². The van der Waals surface area contributed by atoms with E-state index in [1.807, 2.05) is 6.92 Å². The Hall–Kier alpha value is -1.67. The number of carbonyl (C=O) groups excluding carboxylic acids is 3. The van der Waals surface area contributed by atoms with Crippen LogP contribution >= 0.6 is 0 Å². The number of piperidine rings is 1. The van der Waals surface area contributed by atoms with Crippen LogP contribution in [0.4, 0.5) is 0 Å². The first-order valence-electron chi connectivity index (χ1n) is 14.0. The molecule has 0 aromatic heterocycles. The molecular weight excluding hydrogens is 450 g/mol. The summed E-state index contributed by atoms with van der Waals surface area (Å²) in [6, 6.07) is 0.211. The zero-order chi connectivity index (χ0) is 24.2. The number of hydrogen-bond acceptors (Lipinski definition) is 8. The van der Waals surface area contributed by atoms with Crippen molar-refractivity contribution in [3.63, 3.8) is 0 Å². The molecule has 0 aromatic carbocycles. The zero-order valence-electron chi connectivity index (χ0n) is 20.8. The minimum Gasteiger partial charge on any atom is -0.459 e. The van der Waals surface area contributed by atoms with Crippen molar-refractivity contribution in [1.29, 1.82) is 0 Å². The highest BCUT2D eigenvalue weighted by atomic mass is 16.7. The van der Waals surface area contributed by atoms with Crippen LogP contribution in [0.5, 0.6) is 0 Å². The first kappa shape index (κ1) is 23.7. The molecule has 6 fully saturated rings. The van der Waals surface area contributed by atoms with E-state index in [-0.39, 0.29) is 17.9 Å². The summed E-state index contributed by atoms with van der Waals surface area (Å²) >= 11 is 0. The van der Waals surface area contributed by atoms with Crippen molar-refractivity contribution in [2.45, 2.75) is 120 Å². The van der Waals surface area contributed by atoms with Gasteiger partial charge in [0.15, 0.2) is 12.2 Å². The lowest BCUT2D eigenvalue weighted by Crippen LogP contribution is -2.52. The van der Waals surface area contributed by atoms with Gasteiger partial charge in [-0.3, -0.25) is 19.3 Å². The van der Waals surface area contributed by atoms with Gasteiger partial charge in [0.25, 0.3) is 0 Å². The van der Waals surface area contributed by atoms with Crippen LogP contribution in [0.3, 0.4) is 0 Å². The standard InChI is InChI=1S/C27H39NO7/c1-2-27(12-6-7-13-27)35-26(31)19-18-20-23(34-25(18)30)22(21(19)32-20)33-24(29)16-10-4-5-11-17(16)28-14-8-3-9-15-28/h16-23H,2-15H2,1H3. The Balaban J connectivity index is 1.18. The molecule has 6 rings (SSSR count). The number of rotatable bonds is 6. The number of carbonyl (C=O) groups is 3. The van der Waals surface area contributed by atoms with Crippen molar-refractivity contribution in [1.82, 2.24) is 4.90 Å². The van der Waals surface area contributed by atoms with Crippen LogP contribution in [0.25, 0.3) is 0 Å². The first-order valence-corrected chi connectivity index (χ1v) is 14.0. The molecule has 4 aliphatic heterocycles. The third-order valence-corrected chi connectivity index (χ3v) is 9.80. The average molecular weight is 490 g/mol. The molecule has 2 aliphatic carbocycles. The van der Waals surface area contributed by atoms with E-state index in [0.29, 0.717) is 0 Å². The van der Waals surface area contributed by atoms with Crippen LogP contribution in [0.1, 0.15) is 84.0 Å². The third kappa shape index (κ3) is 3.99. The van der Waals surface area contributed by atoms with Gasteiger partial charge < -0.3 is 18.9 Å². The second-order valence-electron chi connectivity index (χ2n) is 11.6. The Morgan fingerprint density at radius 1 is 0.943 bits per heavy atom. The van der Waals surface area contributed by atoms with Crippen LogP contribution in [0.15, 0.2) is 0 Å². The largest absolute Gasteiger partial charge is 0.459 e. The molecule has 6 aliphatic rings. The Morgan fingerprint density at radius 2 is 1.69 bits per heavy atom. The summed E-state index contributed by atoms with van der Waals surface area (Å²) in [5, 5.41) is 0. The minimum absolute atomic E-state index is 0.180. The summed E-state index contributed by atoms with van der Waals surface area (Å²) in [4.78, 5) is 42.2. The lowest BCUT2D eigenvalue weighted by atomic mass is 9.78. The number of likely N-dealkylation sites (tertiary alicyclic amines) is 1. The second-order valence-corrected chi connectivity index (χ2v) is 11.6. The lowest BCUT2D eigenvalue weighted by molar-refractivity contribution is -0.176. The fraction of sp³-hybridized carbons (Fsp3) is 0.889. The van der Waals surface area contributed by atoms with E-state index < -0.39 is 53.8 Å². The van der Waals surface area contributed by atoms with Crippen LogP contribution in [-0.2, 0) is 33.3 Å². The van der Waals surface area contributed by atoms with E-state index in [1.165, 1.54) is 19.3 Å². The van der Waals surface area contributed by atoms with Gasteiger partial charge in [-0.2, -0.15) is 0 Å². The molecule has 0 N–H and O–H groups in total. The van der Waals surface area contributed by atoms with E-state index in [9.17, 15) is 14.4 Å². The molecule has 8 nitrogen and oxygen atoms in total. The van der Waals surface area contributed by atoms with Crippen molar-refractivity contribution in [3.05, 3.63) is 0 Å². The number of hydrogen-bond donors (Lipinski definition) is 0. The average Bonchev–Trinajstić information content (AvgIpc) is 3.63. The Kier molecular flexibility index (Phi) is 6.32. The predicted octanol–water partition coefficient (Wildman–Crippen LogP) is 3.15. The summed E-state index contributed by atoms with van der Waals surface area (Å²) < 4.78 is 23.9. The molecule has 0 aromatic rings. The molecular formula is C27H39NO7. The summed E-state index contributed by atoms with van der Waals surface area (Å²) in [5.74, 6) is -2.65. The predicted molar refractivity (Wildman–Crippen MR) is 124 cm³/mol. The maximum absolute atomic E-state index is 13.5. The molecule has 8 atom stereocenters. The zero-order valence-corrected chi connectivity index (χ0v) is 20.8. The molecule has 0 spiro atoms. The number of nitrogens with zero attached hydrogens (tertiary/aromatic N) is 1. The van der Waals surface area contributed by atoms with Crippen LogP contribution in [-0.4, -0.2) is 72.0 Å². The van der Waals surface area contributed by atoms with Gasteiger partial charge in [-0.15, -0.1) is 0 Å². The molecule has 0 amide bonds. The van der Waals surface area contributed by atoms with Crippen LogP contribution in [0.2, 0.25) is 0 Å². The molecule has 2 saturated carbocycles. The van der Waals surface area contributed by atoms with E-state index in [0.717, 1.165) is 70.9 Å². The Labute approximate surface area is 207 Å². The van der Waals surface area contributed by atoms with Gasteiger partial charge in [-0.1, -0.05) is 26.2 Å². The molecule has 2 bridgehead atoms.